The predicted molar refractivity (Wildman–Crippen MR) is 128 cm³/mol. The third-order valence-corrected chi connectivity index (χ3v) is 5.75. The predicted octanol–water partition coefficient (Wildman–Crippen LogP) is 5.32. The number of hydrogen-bond donors (Lipinski definition) is 0. The second-order valence-electron chi connectivity index (χ2n) is 8.13. The van der Waals surface area contributed by atoms with Crippen molar-refractivity contribution in [2.24, 2.45) is 0 Å². The quantitative estimate of drug-likeness (QED) is 0.0905. The van der Waals surface area contributed by atoms with Crippen LogP contribution in [0, 0.1) is 36.0 Å². The molecule has 0 saturated carbocycles. The zero-order valence-corrected chi connectivity index (χ0v) is 21.2. The molecule has 0 N–H and O–H groups in total. The summed E-state index contributed by atoms with van der Waals surface area (Å²) in [4.78, 5) is 25.2. The molecule has 1 aliphatic heterocycles. The molecule has 0 unspecified atom stereocenters. The number of rotatable bonds is 8. The summed E-state index contributed by atoms with van der Waals surface area (Å²) in [6, 6.07) is 5.79. The summed E-state index contributed by atoms with van der Waals surface area (Å²) in [6.07, 6.45) is 1.44. The third-order valence-electron chi connectivity index (χ3n) is 5.75. The molecule has 0 aliphatic carbocycles. The summed E-state index contributed by atoms with van der Waals surface area (Å²) in [5.74, 6) is -13.7. The second kappa shape index (κ2) is 11.1. The molecule has 13 heteroatoms. The van der Waals surface area contributed by atoms with E-state index in [9.17, 15) is 31.5 Å². The van der Waals surface area contributed by atoms with Gasteiger partial charge in [-0.25, -0.2) is 18.0 Å². The summed E-state index contributed by atoms with van der Waals surface area (Å²) in [5, 5.41) is 0. The molecule has 40 heavy (non-hydrogen) atoms. The zero-order valence-electron chi connectivity index (χ0n) is 21.2. The molecule has 0 radical (unpaired) electrons. The number of allylic oxidation sites excluding steroid dienone is 1. The molecule has 0 bridgehead atoms. The fourth-order valence-electron chi connectivity index (χ4n) is 3.81. The van der Waals surface area contributed by atoms with Gasteiger partial charge in [0, 0.05) is 5.56 Å². The fourth-order valence-corrected chi connectivity index (χ4v) is 3.81. The zero-order chi connectivity index (χ0) is 29.3. The SMILES string of the molecule is COc1cc(/C=C2\Oc3c(ccc(OC(=O)COc4c(F)c(F)c(F)c(F)c4F)c3C)C2=O)cc(OC)c1OC. The van der Waals surface area contributed by atoms with Crippen molar-refractivity contribution >= 4 is 17.8 Å². The van der Waals surface area contributed by atoms with Crippen LogP contribution in [0.25, 0.3) is 6.08 Å². The molecule has 210 valence electrons. The van der Waals surface area contributed by atoms with E-state index in [1.54, 1.807) is 12.1 Å². The Labute approximate surface area is 223 Å². The van der Waals surface area contributed by atoms with E-state index in [0.717, 1.165) is 0 Å². The van der Waals surface area contributed by atoms with Gasteiger partial charge in [0.15, 0.2) is 29.6 Å². The van der Waals surface area contributed by atoms with Crippen molar-refractivity contribution in [3.05, 3.63) is 75.8 Å². The summed E-state index contributed by atoms with van der Waals surface area (Å²) < 4.78 is 98.7. The van der Waals surface area contributed by atoms with E-state index in [0.29, 0.717) is 22.8 Å². The van der Waals surface area contributed by atoms with Crippen LogP contribution in [0.4, 0.5) is 22.0 Å². The largest absolute Gasteiger partial charge is 0.493 e. The topological polar surface area (TPSA) is 89.5 Å². The molecular weight excluding hydrogens is 547 g/mol. The van der Waals surface area contributed by atoms with Gasteiger partial charge in [-0.15, -0.1) is 0 Å². The van der Waals surface area contributed by atoms with Crippen molar-refractivity contribution in [2.45, 2.75) is 6.92 Å². The van der Waals surface area contributed by atoms with Crippen LogP contribution < -0.4 is 28.4 Å². The van der Waals surface area contributed by atoms with Crippen molar-refractivity contribution in [2.75, 3.05) is 27.9 Å². The summed E-state index contributed by atoms with van der Waals surface area (Å²) in [7, 11) is 4.31. The molecule has 1 heterocycles. The van der Waals surface area contributed by atoms with Gasteiger partial charge in [0.1, 0.15) is 11.5 Å². The number of carbonyl (C=O) groups is 2. The van der Waals surface area contributed by atoms with Crippen LogP contribution in [-0.2, 0) is 4.79 Å². The van der Waals surface area contributed by atoms with Gasteiger partial charge in [-0.2, -0.15) is 8.78 Å². The minimum atomic E-state index is -2.37. The first-order chi connectivity index (χ1) is 19.0. The van der Waals surface area contributed by atoms with Gasteiger partial charge in [0.25, 0.3) is 0 Å². The number of carbonyl (C=O) groups excluding carboxylic acids is 2. The number of halogens is 5. The highest BCUT2D eigenvalue weighted by Crippen LogP contribution is 2.42. The molecule has 4 rings (SSSR count). The number of ketones is 1. The Hall–Kier alpha value is -4.81. The van der Waals surface area contributed by atoms with E-state index in [-0.39, 0.29) is 28.4 Å². The van der Waals surface area contributed by atoms with E-state index < -0.39 is 53.2 Å². The lowest BCUT2D eigenvalue weighted by Gasteiger charge is -2.13. The molecule has 3 aromatic rings. The van der Waals surface area contributed by atoms with E-state index >= 15 is 0 Å². The second-order valence-corrected chi connectivity index (χ2v) is 8.13. The van der Waals surface area contributed by atoms with Crippen molar-refractivity contribution in [1.29, 1.82) is 0 Å². The average molecular weight is 566 g/mol. The first kappa shape index (κ1) is 28.2. The van der Waals surface area contributed by atoms with Gasteiger partial charge in [-0.05, 0) is 42.8 Å². The Bertz CT molecular complexity index is 1510. The van der Waals surface area contributed by atoms with Crippen LogP contribution in [0.15, 0.2) is 30.0 Å². The Balaban J connectivity index is 1.54. The molecule has 0 amide bonds. The highest BCUT2D eigenvalue weighted by molar-refractivity contribution is 6.15. The molecule has 0 spiro atoms. The Morgan fingerprint density at radius 1 is 0.825 bits per heavy atom. The summed E-state index contributed by atoms with van der Waals surface area (Å²) in [5.41, 5.74) is 0.859. The number of esters is 1. The van der Waals surface area contributed by atoms with Crippen molar-refractivity contribution in [1.82, 2.24) is 0 Å². The van der Waals surface area contributed by atoms with Gasteiger partial charge in [0.05, 0.1) is 26.9 Å². The Morgan fingerprint density at radius 2 is 1.40 bits per heavy atom. The van der Waals surface area contributed by atoms with Gasteiger partial charge in [-0.3, -0.25) is 4.79 Å². The average Bonchev–Trinajstić information content (AvgIpc) is 3.26. The molecule has 3 aromatic carbocycles. The monoisotopic (exact) mass is 566 g/mol. The third kappa shape index (κ3) is 4.97. The standard InChI is InChI=1S/C27H19F5O8/c1-11-14(39-18(33)10-38-27-22(31)20(29)19(28)21(30)23(27)32)6-5-13-24(34)15(40-25(11)13)7-12-8-16(35-2)26(37-4)17(9-12)36-3/h5-9H,10H2,1-4H3/b15-7-. The smallest absolute Gasteiger partial charge is 0.349 e. The lowest BCUT2D eigenvalue weighted by molar-refractivity contribution is -0.136. The van der Waals surface area contributed by atoms with E-state index in [4.69, 9.17) is 23.7 Å². The number of Topliss-reactive ketones (excluding diaryl/α,β-unsaturated/α-hetero) is 1. The van der Waals surface area contributed by atoms with Crippen molar-refractivity contribution in [3.63, 3.8) is 0 Å². The minimum absolute atomic E-state index is 0.0644. The maximum absolute atomic E-state index is 13.8. The molecule has 0 atom stereocenters. The van der Waals surface area contributed by atoms with Gasteiger partial charge >= 0.3 is 5.97 Å². The number of ether oxygens (including phenoxy) is 6. The highest BCUT2D eigenvalue weighted by Gasteiger charge is 2.31. The molecule has 0 saturated heterocycles. The molecule has 1 aliphatic rings. The van der Waals surface area contributed by atoms with Gasteiger partial charge in [-0.1, -0.05) is 0 Å². The fraction of sp³-hybridized carbons (Fsp3) is 0.185. The van der Waals surface area contributed by atoms with E-state index in [1.807, 2.05) is 0 Å². The normalized spacial score (nSPS) is 13.1. The van der Waals surface area contributed by atoms with Crippen LogP contribution in [0.1, 0.15) is 21.5 Å². The van der Waals surface area contributed by atoms with Crippen LogP contribution in [0.5, 0.6) is 34.5 Å². The molecule has 0 fully saturated rings. The van der Waals surface area contributed by atoms with Crippen LogP contribution in [-0.4, -0.2) is 39.7 Å². The number of benzene rings is 3. The molecule has 8 nitrogen and oxygen atoms in total. The maximum Gasteiger partial charge on any atom is 0.349 e. The summed E-state index contributed by atoms with van der Waals surface area (Å²) in [6.45, 7) is 0.281. The molecule has 0 aromatic heterocycles. The van der Waals surface area contributed by atoms with Gasteiger partial charge < -0.3 is 28.4 Å². The van der Waals surface area contributed by atoms with E-state index in [2.05, 4.69) is 4.74 Å². The van der Waals surface area contributed by atoms with E-state index in [1.165, 1.54) is 46.5 Å². The van der Waals surface area contributed by atoms with Gasteiger partial charge in [0.2, 0.25) is 40.6 Å². The summed E-state index contributed by atoms with van der Waals surface area (Å²) >= 11 is 0. The number of hydrogen-bond acceptors (Lipinski definition) is 8. The van der Waals surface area contributed by atoms with Crippen molar-refractivity contribution in [3.8, 4) is 34.5 Å². The highest BCUT2D eigenvalue weighted by atomic mass is 19.2. The first-order valence-electron chi connectivity index (χ1n) is 11.2. The number of fused-ring (bicyclic) bond motifs is 1. The Kier molecular flexibility index (Phi) is 7.84. The lowest BCUT2D eigenvalue weighted by atomic mass is 10.1. The van der Waals surface area contributed by atoms with Crippen LogP contribution >= 0.6 is 0 Å². The maximum atomic E-state index is 13.8. The Morgan fingerprint density at radius 3 is 1.95 bits per heavy atom. The van der Waals surface area contributed by atoms with Crippen LogP contribution in [0.3, 0.4) is 0 Å². The minimum Gasteiger partial charge on any atom is -0.493 e. The first-order valence-corrected chi connectivity index (χ1v) is 11.2. The molecular formula is C27H19F5O8. The lowest BCUT2D eigenvalue weighted by Crippen LogP contribution is -2.20. The number of methoxy groups -OCH3 is 3. The van der Waals surface area contributed by atoms with Crippen LogP contribution in [0.2, 0.25) is 0 Å². The van der Waals surface area contributed by atoms with Crippen molar-refractivity contribution < 1.29 is 60.0 Å².